The number of carbonyl (C=O) groups is 1. The third kappa shape index (κ3) is 3.23. The number of hydrogen-bond donors (Lipinski definition) is 1. The van der Waals surface area contributed by atoms with Gasteiger partial charge in [0.05, 0.1) is 6.04 Å². The second kappa shape index (κ2) is 6.56. The number of aryl methyl sites for hydroxylation is 3. The van der Waals surface area contributed by atoms with Gasteiger partial charge in [-0.3, -0.25) is 4.79 Å². The topological polar surface area (TPSA) is 47.6 Å². The molecule has 1 N–H and O–H groups in total. The van der Waals surface area contributed by atoms with Crippen molar-refractivity contribution in [1.29, 1.82) is 0 Å². The van der Waals surface area contributed by atoms with Gasteiger partial charge in [0.15, 0.2) is 11.5 Å². The average molecular weight is 325 g/mol. The van der Waals surface area contributed by atoms with Crippen LogP contribution in [-0.2, 0) is 0 Å². The number of carbonyl (C=O) groups excluding carboxylic acids is 1. The number of amides is 1. The zero-order chi connectivity index (χ0) is 17.3. The number of hydrogen-bond acceptors (Lipinski definition) is 3. The third-order valence-electron chi connectivity index (χ3n) is 4.50. The van der Waals surface area contributed by atoms with E-state index in [1.165, 1.54) is 5.56 Å². The van der Waals surface area contributed by atoms with Gasteiger partial charge >= 0.3 is 0 Å². The van der Waals surface area contributed by atoms with Gasteiger partial charge in [0.1, 0.15) is 13.2 Å². The average Bonchev–Trinajstić information content (AvgIpc) is 2.57. The SMILES string of the molecule is Cc1cc(C)c(C(=O)N[C@@H](C)c2ccc3c(c2)OCCO3)cc1C. The van der Waals surface area contributed by atoms with Gasteiger partial charge in [-0.1, -0.05) is 12.1 Å². The lowest BCUT2D eigenvalue weighted by atomic mass is 9.99. The highest BCUT2D eigenvalue weighted by atomic mass is 16.6. The highest BCUT2D eigenvalue weighted by Gasteiger charge is 2.17. The fourth-order valence-electron chi connectivity index (χ4n) is 2.89. The van der Waals surface area contributed by atoms with Crippen LogP contribution in [0.1, 0.15) is 45.6 Å². The molecule has 1 atom stereocenters. The van der Waals surface area contributed by atoms with E-state index in [9.17, 15) is 4.79 Å². The van der Waals surface area contributed by atoms with E-state index < -0.39 is 0 Å². The van der Waals surface area contributed by atoms with Crippen LogP contribution in [0.2, 0.25) is 0 Å². The number of rotatable bonds is 3. The normalized spacial score (nSPS) is 14.2. The molecule has 24 heavy (non-hydrogen) atoms. The summed E-state index contributed by atoms with van der Waals surface area (Å²) in [6, 6.07) is 9.69. The number of ether oxygens (including phenoxy) is 2. The molecule has 2 aromatic rings. The summed E-state index contributed by atoms with van der Waals surface area (Å²) in [6.07, 6.45) is 0. The van der Waals surface area contributed by atoms with E-state index >= 15 is 0 Å². The van der Waals surface area contributed by atoms with E-state index in [4.69, 9.17) is 9.47 Å². The second-order valence-electron chi connectivity index (χ2n) is 6.35. The molecule has 3 rings (SSSR count). The zero-order valence-corrected chi connectivity index (χ0v) is 14.6. The predicted molar refractivity (Wildman–Crippen MR) is 94.0 cm³/mol. The molecule has 0 saturated carbocycles. The number of nitrogens with one attached hydrogen (secondary N) is 1. The summed E-state index contributed by atoms with van der Waals surface area (Å²) in [7, 11) is 0. The fourth-order valence-corrected chi connectivity index (χ4v) is 2.89. The quantitative estimate of drug-likeness (QED) is 0.932. The Labute approximate surface area is 142 Å². The van der Waals surface area contributed by atoms with Crippen LogP contribution in [-0.4, -0.2) is 19.1 Å². The molecule has 0 spiro atoms. The lowest BCUT2D eigenvalue weighted by molar-refractivity contribution is 0.0939. The summed E-state index contributed by atoms with van der Waals surface area (Å²) >= 11 is 0. The third-order valence-corrected chi connectivity index (χ3v) is 4.50. The highest BCUT2D eigenvalue weighted by Crippen LogP contribution is 2.32. The number of benzene rings is 2. The largest absolute Gasteiger partial charge is 0.486 e. The van der Waals surface area contributed by atoms with Gasteiger partial charge in [-0.15, -0.1) is 0 Å². The van der Waals surface area contributed by atoms with E-state index in [0.717, 1.165) is 33.8 Å². The highest BCUT2D eigenvalue weighted by molar-refractivity contribution is 5.96. The van der Waals surface area contributed by atoms with Crippen LogP contribution >= 0.6 is 0 Å². The summed E-state index contributed by atoms with van der Waals surface area (Å²) in [5.41, 5.74) is 5.03. The minimum atomic E-state index is -0.116. The van der Waals surface area contributed by atoms with Crippen LogP contribution < -0.4 is 14.8 Å². The predicted octanol–water partition coefficient (Wildman–Crippen LogP) is 3.87. The molecule has 0 saturated heterocycles. The molecule has 2 aromatic carbocycles. The van der Waals surface area contributed by atoms with E-state index in [1.54, 1.807) is 0 Å². The summed E-state index contributed by atoms with van der Waals surface area (Å²) in [6.45, 7) is 9.15. The Balaban J connectivity index is 1.78. The molecule has 1 aliphatic rings. The summed E-state index contributed by atoms with van der Waals surface area (Å²) in [5, 5.41) is 3.07. The van der Waals surface area contributed by atoms with Crippen molar-refractivity contribution in [2.45, 2.75) is 33.7 Å². The molecule has 4 heteroatoms. The first-order valence-electron chi connectivity index (χ1n) is 8.24. The second-order valence-corrected chi connectivity index (χ2v) is 6.35. The summed E-state index contributed by atoms with van der Waals surface area (Å²) in [4.78, 5) is 12.6. The Kier molecular flexibility index (Phi) is 4.47. The lowest BCUT2D eigenvalue weighted by Gasteiger charge is -2.21. The Morgan fingerprint density at radius 1 is 0.958 bits per heavy atom. The Hall–Kier alpha value is -2.49. The first kappa shape index (κ1) is 16.4. The first-order valence-corrected chi connectivity index (χ1v) is 8.24. The van der Waals surface area contributed by atoms with Gasteiger partial charge in [0, 0.05) is 5.56 Å². The molecule has 126 valence electrons. The molecule has 1 aliphatic heterocycles. The molecule has 0 unspecified atom stereocenters. The maximum atomic E-state index is 12.6. The standard InChI is InChI=1S/C20H23NO3/c1-12-9-14(3)17(10-13(12)2)20(22)21-15(4)16-5-6-18-19(11-16)24-8-7-23-18/h5-6,9-11,15H,7-8H2,1-4H3,(H,21,22)/t15-/m0/s1. The smallest absolute Gasteiger partial charge is 0.252 e. The maximum Gasteiger partial charge on any atom is 0.252 e. The Bertz CT molecular complexity index is 783. The van der Waals surface area contributed by atoms with E-state index in [-0.39, 0.29) is 11.9 Å². The maximum absolute atomic E-state index is 12.6. The summed E-state index contributed by atoms with van der Waals surface area (Å²) in [5.74, 6) is 1.44. The van der Waals surface area contributed by atoms with Gasteiger partial charge in [-0.2, -0.15) is 0 Å². The van der Waals surface area contributed by atoms with E-state index in [2.05, 4.69) is 18.3 Å². The molecule has 0 aliphatic carbocycles. The van der Waals surface area contributed by atoms with E-state index in [0.29, 0.717) is 13.2 Å². The van der Waals surface area contributed by atoms with E-state index in [1.807, 2.05) is 45.0 Å². The van der Waals surface area contributed by atoms with Gasteiger partial charge < -0.3 is 14.8 Å². The molecular weight excluding hydrogens is 302 g/mol. The minimum absolute atomic E-state index is 0.0574. The van der Waals surface area contributed by atoms with Crippen molar-refractivity contribution in [1.82, 2.24) is 5.32 Å². The molecule has 4 nitrogen and oxygen atoms in total. The molecule has 0 fully saturated rings. The van der Waals surface area contributed by atoms with Crippen LogP contribution in [0.5, 0.6) is 11.5 Å². The molecule has 1 heterocycles. The minimum Gasteiger partial charge on any atom is -0.486 e. The van der Waals surface area contributed by atoms with Crippen molar-refractivity contribution in [3.63, 3.8) is 0 Å². The van der Waals surface area contributed by atoms with Crippen molar-refractivity contribution in [3.8, 4) is 11.5 Å². The van der Waals surface area contributed by atoms with Crippen LogP contribution in [0.15, 0.2) is 30.3 Å². The van der Waals surface area contributed by atoms with Crippen LogP contribution in [0, 0.1) is 20.8 Å². The fraction of sp³-hybridized carbons (Fsp3) is 0.350. The van der Waals surface area contributed by atoms with Gasteiger partial charge in [-0.05, 0) is 68.1 Å². The van der Waals surface area contributed by atoms with Gasteiger partial charge in [0.2, 0.25) is 0 Å². The Morgan fingerprint density at radius 2 is 1.62 bits per heavy atom. The van der Waals surface area contributed by atoms with Gasteiger partial charge in [0.25, 0.3) is 5.91 Å². The van der Waals surface area contributed by atoms with Crippen molar-refractivity contribution in [3.05, 3.63) is 58.1 Å². The number of fused-ring (bicyclic) bond motifs is 1. The Morgan fingerprint density at radius 3 is 2.38 bits per heavy atom. The van der Waals surface area contributed by atoms with Crippen molar-refractivity contribution >= 4 is 5.91 Å². The molecular formula is C20H23NO3. The van der Waals surface area contributed by atoms with Crippen molar-refractivity contribution in [2.75, 3.05) is 13.2 Å². The van der Waals surface area contributed by atoms with Crippen molar-refractivity contribution in [2.24, 2.45) is 0 Å². The van der Waals surface area contributed by atoms with Crippen LogP contribution in [0.4, 0.5) is 0 Å². The zero-order valence-electron chi connectivity index (χ0n) is 14.6. The summed E-state index contributed by atoms with van der Waals surface area (Å²) < 4.78 is 11.2. The van der Waals surface area contributed by atoms with Gasteiger partial charge in [-0.25, -0.2) is 0 Å². The van der Waals surface area contributed by atoms with Crippen LogP contribution in [0.25, 0.3) is 0 Å². The monoisotopic (exact) mass is 325 g/mol. The van der Waals surface area contributed by atoms with Crippen molar-refractivity contribution < 1.29 is 14.3 Å². The first-order chi connectivity index (χ1) is 11.5. The lowest BCUT2D eigenvalue weighted by Crippen LogP contribution is -2.27. The molecule has 0 radical (unpaired) electrons. The molecule has 1 amide bonds. The van der Waals surface area contributed by atoms with Crippen LogP contribution in [0.3, 0.4) is 0 Å². The molecule has 0 aromatic heterocycles. The molecule has 0 bridgehead atoms.